The molecule has 2 saturated heterocycles. The molecule has 36 heavy (non-hydrogen) atoms. The van der Waals surface area contributed by atoms with Crippen LogP contribution in [0.15, 0.2) is 48.5 Å². The van der Waals surface area contributed by atoms with E-state index in [-0.39, 0.29) is 19.0 Å². The van der Waals surface area contributed by atoms with Gasteiger partial charge in [-0.25, -0.2) is 8.42 Å². The molecule has 1 amide bonds. The topological polar surface area (TPSA) is 110 Å². The van der Waals surface area contributed by atoms with Gasteiger partial charge in [-0.3, -0.25) is 9.59 Å². The number of nitrogens with zero attached hydrogens (tertiary/aromatic N) is 1. The lowest BCUT2D eigenvalue weighted by Crippen LogP contribution is -2.57. The summed E-state index contributed by atoms with van der Waals surface area (Å²) in [6.07, 6.45) is -2.31. The van der Waals surface area contributed by atoms with E-state index in [9.17, 15) is 23.1 Å². The number of halogens is 2. The Morgan fingerprint density at radius 2 is 1.81 bits per heavy atom. The fourth-order valence-corrected chi connectivity index (χ4v) is 6.76. The minimum absolute atomic E-state index is 0.128. The Morgan fingerprint density at radius 1 is 1.11 bits per heavy atom. The lowest BCUT2D eigenvalue weighted by atomic mass is 9.89. The predicted octanol–water partition coefficient (Wildman–Crippen LogP) is 4.07. The van der Waals surface area contributed by atoms with Crippen molar-refractivity contribution in [1.82, 2.24) is 4.90 Å². The van der Waals surface area contributed by atoms with Crippen LogP contribution in [0.1, 0.15) is 43.0 Å². The van der Waals surface area contributed by atoms with Gasteiger partial charge in [0.05, 0.1) is 31.4 Å². The Balaban J connectivity index is 1.83. The summed E-state index contributed by atoms with van der Waals surface area (Å²) < 4.78 is 37.4. The van der Waals surface area contributed by atoms with Gasteiger partial charge in [-0.15, -0.1) is 0 Å². The average Bonchev–Trinajstić information content (AvgIpc) is 2.77. The Morgan fingerprint density at radius 3 is 2.36 bits per heavy atom. The molecule has 2 aromatic carbocycles. The van der Waals surface area contributed by atoms with Crippen molar-refractivity contribution in [1.29, 1.82) is 0 Å². The van der Waals surface area contributed by atoms with Crippen LogP contribution in [0.3, 0.4) is 0 Å². The van der Waals surface area contributed by atoms with E-state index in [1.807, 2.05) is 0 Å². The summed E-state index contributed by atoms with van der Waals surface area (Å²) in [4.78, 5) is 26.9. The number of carboxylic acids is 1. The predicted molar refractivity (Wildman–Crippen MR) is 135 cm³/mol. The van der Waals surface area contributed by atoms with Gasteiger partial charge in [0.15, 0.2) is 9.84 Å². The first-order valence-electron chi connectivity index (χ1n) is 11.6. The molecule has 2 heterocycles. The fraction of sp³-hybridized carbons (Fsp3) is 0.440. The van der Waals surface area contributed by atoms with Crippen LogP contribution in [0.2, 0.25) is 10.0 Å². The molecule has 0 spiro atoms. The number of hydrogen-bond donors (Lipinski definition) is 1. The van der Waals surface area contributed by atoms with Gasteiger partial charge in [-0.1, -0.05) is 54.4 Å². The Labute approximate surface area is 220 Å². The van der Waals surface area contributed by atoms with Crippen LogP contribution in [-0.4, -0.2) is 66.7 Å². The summed E-state index contributed by atoms with van der Waals surface area (Å²) in [7, 11) is -3.57. The summed E-state index contributed by atoms with van der Waals surface area (Å²) in [5.41, 5.74) is 1.31. The van der Waals surface area contributed by atoms with E-state index in [1.54, 1.807) is 55.5 Å². The summed E-state index contributed by atoms with van der Waals surface area (Å²) >= 11 is 12.4. The lowest BCUT2D eigenvalue weighted by Gasteiger charge is -2.48. The van der Waals surface area contributed by atoms with E-state index in [2.05, 4.69) is 0 Å². The summed E-state index contributed by atoms with van der Waals surface area (Å²) in [6, 6.07) is 12.3. The molecule has 0 aliphatic carbocycles. The molecule has 194 valence electrons. The van der Waals surface area contributed by atoms with Crippen molar-refractivity contribution in [2.75, 3.05) is 19.0 Å². The maximum atomic E-state index is 13.8. The van der Waals surface area contributed by atoms with Crippen LogP contribution in [0.25, 0.3) is 0 Å². The molecule has 2 fully saturated rings. The van der Waals surface area contributed by atoms with Crippen LogP contribution in [-0.2, 0) is 28.9 Å². The number of carbonyl (C=O) groups excluding carboxylic acids is 1. The zero-order valence-corrected chi connectivity index (χ0v) is 21.9. The number of rotatable bonds is 9. The van der Waals surface area contributed by atoms with Crippen molar-refractivity contribution in [3.05, 3.63) is 69.7 Å². The van der Waals surface area contributed by atoms with Gasteiger partial charge in [0.2, 0.25) is 0 Å². The zero-order chi connectivity index (χ0) is 26.0. The Kier molecular flexibility index (Phi) is 8.26. The number of aliphatic carboxylic acids is 1. The molecular formula is C25H27Cl2NO7S. The SMILES string of the molecule is CCC(CS(=O)(=O)C1COC1)N1C(=O)[C@@H](CC(=O)O)O[C@H](c2cccc(Cl)c2)[C@H]1c1ccc(Cl)cc1. The van der Waals surface area contributed by atoms with Gasteiger partial charge in [-0.05, 0) is 41.8 Å². The Hall–Kier alpha value is -2.17. The van der Waals surface area contributed by atoms with Crippen molar-refractivity contribution in [2.24, 2.45) is 0 Å². The highest BCUT2D eigenvalue weighted by Crippen LogP contribution is 2.45. The maximum Gasteiger partial charge on any atom is 0.306 e. The molecule has 2 aliphatic rings. The van der Waals surface area contributed by atoms with E-state index in [4.69, 9.17) is 32.7 Å². The van der Waals surface area contributed by atoms with Gasteiger partial charge in [-0.2, -0.15) is 0 Å². The van der Waals surface area contributed by atoms with Crippen LogP contribution in [0.4, 0.5) is 0 Å². The number of benzene rings is 2. The number of ether oxygens (including phenoxy) is 2. The van der Waals surface area contributed by atoms with E-state index < -0.39 is 57.7 Å². The van der Waals surface area contributed by atoms with Gasteiger partial charge in [0.1, 0.15) is 17.5 Å². The Bertz CT molecular complexity index is 1220. The van der Waals surface area contributed by atoms with Crippen LogP contribution < -0.4 is 0 Å². The monoisotopic (exact) mass is 555 g/mol. The maximum absolute atomic E-state index is 13.8. The molecule has 1 unspecified atom stereocenters. The highest BCUT2D eigenvalue weighted by molar-refractivity contribution is 7.92. The minimum atomic E-state index is -3.57. The van der Waals surface area contributed by atoms with E-state index in [0.29, 0.717) is 27.6 Å². The second-order valence-electron chi connectivity index (χ2n) is 8.99. The second kappa shape index (κ2) is 11.1. The lowest BCUT2D eigenvalue weighted by molar-refractivity contribution is -0.182. The van der Waals surface area contributed by atoms with Crippen molar-refractivity contribution in [3.63, 3.8) is 0 Å². The molecule has 1 N–H and O–H groups in total. The van der Waals surface area contributed by atoms with E-state index in [1.165, 1.54) is 4.90 Å². The number of amides is 1. The quantitative estimate of drug-likeness (QED) is 0.496. The second-order valence-corrected chi connectivity index (χ2v) is 12.2. The van der Waals surface area contributed by atoms with Crippen molar-refractivity contribution < 1.29 is 32.6 Å². The third kappa shape index (κ3) is 5.70. The zero-order valence-electron chi connectivity index (χ0n) is 19.5. The molecular weight excluding hydrogens is 529 g/mol. The molecule has 2 aliphatic heterocycles. The normalized spacial score (nSPS) is 23.8. The van der Waals surface area contributed by atoms with Crippen molar-refractivity contribution >= 4 is 44.9 Å². The van der Waals surface area contributed by atoms with Gasteiger partial charge >= 0.3 is 5.97 Å². The summed E-state index contributed by atoms with van der Waals surface area (Å²) in [6.45, 7) is 2.06. The molecule has 8 nitrogen and oxygen atoms in total. The summed E-state index contributed by atoms with van der Waals surface area (Å²) in [5.74, 6) is -2.03. The number of sulfone groups is 1. The minimum Gasteiger partial charge on any atom is -0.481 e. The third-order valence-electron chi connectivity index (χ3n) is 6.58. The summed E-state index contributed by atoms with van der Waals surface area (Å²) in [5, 5.41) is 9.81. The number of carbonyl (C=O) groups is 2. The van der Waals surface area contributed by atoms with Crippen LogP contribution >= 0.6 is 23.2 Å². The number of hydrogen-bond acceptors (Lipinski definition) is 6. The molecule has 0 radical (unpaired) electrons. The molecule has 0 aromatic heterocycles. The highest BCUT2D eigenvalue weighted by atomic mass is 35.5. The van der Waals surface area contributed by atoms with E-state index in [0.717, 1.165) is 0 Å². The molecule has 4 atom stereocenters. The molecule has 11 heteroatoms. The third-order valence-corrected chi connectivity index (χ3v) is 9.21. The molecule has 0 bridgehead atoms. The highest BCUT2D eigenvalue weighted by Gasteiger charge is 2.48. The molecule has 4 rings (SSSR count). The average molecular weight is 556 g/mol. The smallest absolute Gasteiger partial charge is 0.306 e. The van der Waals surface area contributed by atoms with Gasteiger partial charge in [0.25, 0.3) is 5.91 Å². The number of carboxylic acid groups (broad SMARTS) is 1. The van der Waals surface area contributed by atoms with Crippen LogP contribution in [0.5, 0.6) is 0 Å². The fourth-order valence-electron chi connectivity index (χ4n) is 4.62. The number of morpholine rings is 1. The first-order chi connectivity index (χ1) is 17.1. The molecule has 2 aromatic rings. The van der Waals surface area contributed by atoms with Gasteiger partial charge < -0.3 is 19.5 Å². The first kappa shape index (κ1) is 26.9. The van der Waals surface area contributed by atoms with E-state index >= 15 is 0 Å². The van der Waals surface area contributed by atoms with Crippen molar-refractivity contribution in [2.45, 2.75) is 49.3 Å². The molecule has 0 saturated carbocycles. The van der Waals surface area contributed by atoms with Crippen LogP contribution in [0, 0.1) is 0 Å². The largest absolute Gasteiger partial charge is 0.481 e. The van der Waals surface area contributed by atoms with Crippen molar-refractivity contribution in [3.8, 4) is 0 Å². The first-order valence-corrected chi connectivity index (χ1v) is 14.1. The standard InChI is InChI=1S/C25H27Cl2NO7S/c1-2-19(14-36(32,33)20-12-34-13-20)28-23(15-6-8-17(26)9-7-15)24(16-4-3-5-18(27)10-16)35-21(25(28)31)11-22(29)30/h3-10,19-21,23-24H,2,11-14H2,1H3,(H,29,30)/t19?,21-,23-,24-/m1/s1. The van der Waals surface area contributed by atoms with Gasteiger partial charge in [0, 0.05) is 16.1 Å².